The summed E-state index contributed by atoms with van der Waals surface area (Å²) >= 11 is 15.4. The van der Waals surface area contributed by atoms with Crippen molar-refractivity contribution >= 4 is 35.8 Å². The first-order chi connectivity index (χ1) is 5.15. The average Bonchev–Trinajstić information content (AvgIpc) is 1.99. The molecule has 0 heterocycles. The lowest BCUT2D eigenvalue weighted by Gasteiger charge is -1.98. The minimum absolute atomic E-state index is 0.357. The van der Waals surface area contributed by atoms with E-state index in [9.17, 15) is 0 Å². The van der Waals surface area contributed by atoms with Crippen molar-refractivity contribution in [3.63, 3.8) is 0 Å². The third-order valence-corrected chi connectivity index (χ3v) is 2.42. The smallest absolute Gasteiger partial charge is 0.0992 e. The number of hydrogen-bond donors (Lipinski definition) is 1. The molecule has 0 amide bonds. The third-order valence-electron chi connectivity index (χ3n) is 1.14. The summed E-state index contributed by atoms with van der Waals surface area (Å²) in [4.78, 5) is 0.524. The van der Waals surface area contributed by atoms with Crippen LogP contribution in [0.3, 0.4) is 0 Å². The first-order valence-corrected chi connectivity index (χ1v) is 3.93. The van der Waals surface area contributed by atoms with Gasteiger partial charge in [0.1, 0.15) is 0 Å². The molecule has 0 fully saturated rings. The average molecular weight is 204 g/mol. The molecule has 0 aromatic heterocycles. The number of rotatable bonds is 0. The molecule has 0 saturated heterocycles. The molecule has 56 valence electrons. The molecule has 0 aliphatic heterocycles. The van der Waals surface area contributed by atoms with Crippen LogP contribution in [0.5, 0.6) is 0 Å². The number of nitriles is 1. The molecule has 11 heavy (non-hydrogen) atoms. The lowest BCUT2D eigenvalue weighted by molar-refractivity contribution is 1.41. The fraction of sp³-hybridized carbons (Fsp3) is 0. The molecule has 1 aromatic rings. The van der Waals surface area contributed by atoms with Gasteiger partial charge in [0, 0.05) is 4.90 Å². The maximum Gasteiger partial charge on any atom is 0.0992 e. The van der Waals surface area contributed by atoms with Crippen LogP contribution in [0.2, 0.25) is 10.0 Å². The second kappa shape index (κ2) is 3.36. The predicted octanol–water partition coefficient (Wildman–Crippen LogP) is 3.15. The van der Waals surface area contributed by atoms with Crippen molar-refractivity contribution < 1.29 is 0 Å². The Labute approximate surface area is 80.0 Å². The van der Waals surface area contributed by atoms with Crippen LogP contribution in [-0.4, -0.2) is 0 Å². The maximum absolute atomic E-state index is 8.49. The largest absolute Gasteiger partial charge is 0.192 e. The van der Waals surface area contributed by atoms with Crippen molar-refractivity contribution in [2.24, 2.45) is 0 Å². The molecule has 0 N–H and O–H groups in total. The van der Waals surface area contributed by atoms with Gasteiger partial charge in [-0.1, -0.05) is 23.2 Å². The zero-order valence-corrected chi connectivity index (χ0v) is 7.71. The summed E-state index contributed by atoms with van der Waals surface area (Å²) in [5.41, 5.74) is 0.462. The second-order valence-corrected chi connectivity index (χ2v) is 3.17. The quantitative estimate of drug-likeness (QED) is 0.644. The predicted molar refractivity (Wildman–Crippen MR) is 48.4 cm³/mol. The van der Waals surface area contributed by atoms with Gasteiger partial charge in [0.05, 0.1) is 21.7 Å². The number of hydrogen-bond acceptors (Lipinski definition) is 2. The van der Waals surface area contributed by atoms with Crippen molar-refractivity contribution in [3.8, 4) is 6.07 Å². The fourth-order valence-electron chi connectivity index (χ4n) is 0.639. The monoisotopic (exact) mass is 203 g/mol. The van der Waals surface area contributed by atoms with Crippen LogP contribution >= 0.6 is 35.8 Å². The first-order valence-electron chi connectivity index (χ1n) is 2.73. The van der Waals surface area contributed by atoms with E-state index in [1.54, 1.807) is 6.07 Å². The SMILES string of the molecule is N#Cc1cc(S)c(Cl)c(Cl)c1. The Hall–Kier alpha value is -0.360. The number of halogens is 2. The van der Waals surface area contributed by atoms with Crippen LogP contribution in [0, 0.1) is 11.3 Å². The molecule has 0 bridgehead atoms. The molecule has 0 aliphatic rings. The highest BCUT2D eigenvalue weighted by Gasteiger charge is 2.03. The van der Waals surface area contributed by atoms with Crippen molar-refractivity contribution in [2.45, 2.75) is 4.90 Å². The van der Waals surface area contributed by atoms with Gasteiger partial charge in [0.15, 0.2) is 0 Å². The van der Waals surface area contributed by atoms with Gasteiger partial charge in [-0.3, -0.25) is 0 Å². The van der Waals surface area contributed by atoms with E-state index >= 15 is 0 Å². The Balaban J connectivity index is 3.35. The highest BCUT2D eigenvalue weighted by Crippen LogP contribution is 2.29. The van der Waals surface area contributed by atoms with Gasteiger partial charge in [-0.15, -0.1) is 12.6 Å². The van der Waals surface area contributed by atoms with E-state index in [-0.39, 0.29) is 0 Å². The van der Waals surface area contributed by atoms with E-state index in [0.29, 0.717) is 20.5 Å². The third kappa shape index (κ3) is 1.81. The Morgan fingerprint density at radius 2 is 2.00 bits per heavy atom. The molecule has 1 rings (SSSR count). The van der Waals surface area contributed by atoms with Crippen LogP contribution in [0.1, 0.15) is 5.56 Å². The zero-order chi connectivity index (χ0) is 8.43. The van der Waals surface area contributed by atoms with Crippen molar-refractivity contribution in [1.29, 1.82) is 5.26 Å². The second-order valence-electron chi connectivity index (χ2n) is 1.90. The lowest BCUT2D eigenvalue weighted by Crippen LogP contribution is -1.77. The summed E-state index contributed by atoms with van der Waals surface area (Å²) in [6.07, 6.45) is 0. The van der Waals surface area contributed by atoms with Crippen molar-refractivity contribution in [2.75, 3.05) is 0 Å². The van der Waals surface area contributed by atoms with Gasteiger partial charge >= 0.3 is 0 Å². The highest BCUT2D eigenvalue weighted by atomic mass is 35.5. The van der Waals surface area contributed by atoms with Crippen LogP contribution in [0.15, 0.2) is 17.0 Å². The molecule has 0 unspecified atom stereocenters. The molecule has 1 aromatic carbocycles. The Morgan fingerprint density at radius 3 is 2.45 bits per heavy atom. The van der Waals surface area contributed by atoms with E-state index in [1.165, 1.54) is 6.07 Å². The van der Waals surface area contributed by atoms with E-state index in [2.05, 4.69) is 12.6 Å². The molecule has 1 nitrogen and oxygen atoms in total. The van der Waals surface area contributed by atoms with E-state index < -0.39 is 0 Å². The van der Waals surface area contributed by atoms with Crippen LogP contribution < -0.4 is 0 Å². The molecule has 0 atom stereocenters. The Morgan fingerprint density at radius 1 is 1.36 bits per heavy atom. The molecular formula is C7H3Cl2NS. The van der Waals surface area contributed by atoms with Crippen LogP contribution in [-0.2, 0) is 0 Å². The van der Waals surface area contributed by atoms with Gasteiger partial charge in [0.2, 0.25) is 0 Å². The zero-order valence-electron chi connectivity index (χ0n) is 5.31. The topological polar surface area (TPSA) is 23.8 Å². The summed E-state index contributed by atoms with van der Waals surface area (Å²) in [6, 6.07) is 5.01. The summed E-state index contributed by atoms with van der Waals surface area (Å²) in [5, 5.41) is 9.23. The fourth-order valence-corrected chi connectivity index (χ4v) is 1.29. The number of thiol groups is 1. The van der Waals surface area contributed by atoms with Gasteiger partial charge in [0.25, 0.3) is 0 Å². The van der Waals surface area contributed by atoms with Gasteiger partial charge in [-0.05, 0) is 12.1 Å². The van der Waals surface area contributed by atoms with Crippen LogP contribution in [0.25, 0.3) is 0 Å². The van der Waals surface area contributed by atoms with Gasteiger partial charge in [-0.25, -0.2) is 0 Å². The number of nitrogens with zero attached hydrogens (tertiary/aromatic N) is 1. The van der Waals surface area contributed by atoms with E-state index in [1.807, 2.05) is 6.07 Å². The van der Waals surface area contributed by atoms with Crippen molar-refractivity contribution in [3.05, 3.63) is 27.7 Å². The Bertz CT molecular complexity index is 307. The summed E-state index contributed by atoms with van der Waals surface area (Å²) in [5.74, 6) is 0. The standard InChI is InChI=1S/C7H3Cl2NS/c8-5-1-4(3-10)2-6(11)7(5)9/h1-2,11H. The highest BCUT2D eigenvalue weighted by molar-refractivity contribution is 7.80. The van der Waals surface area contributed by atoms with Gasteiger partial charge < -0.3 is 0 Å². The van der Waals surface area contributed by atoms with E-state index in [4.69, 9.17) is 28.5 Å². The van der Waals surface area contributed by atoms with Crippen molar-refractivity contribution in [1.82, 2.24) is 0 Å². The first kappa shape index (κ1) is 8.73. The molecule has 0 saturated carbocycles. The van der Waals surface area contributed by atoms with Crippen LogP contribution in [0.4, 0.5) is 0 Å². The Kier molecular flexibility index (Phi) is 2.67. The molecule has 0 radical (unpaired) electrons. The summed E-state index contributed by atoms with van der Waals surface area (Å²) in [6.45, 7) is 0. The minimum Gasteiger partial charge on any atom is -0.192 e. The maximum atomic E-state index is 8.49. The molecule has 0 spiro atoms. The van der Waals surface area contributed by atoms with Gasteiger partial charge in [-0.2, -0.15) is 5.26 Å². The minimum atomic E-state index is 0.357. The molecule has 0 aliphatic carbocycles. The normalized spacial score (nSPS) is 9.27. The molecule has 4 heteroatoms. The van der Waals surface area contributed by atoms with E-state index in [0.717, 1.165) is 0 Å². The number of benzene rings is 1. The lowest BCUT2D eigenvalue weighted by atomic mass is 10.2. The summed E-state index contributed by atoms with van der Waals surface area (Å²) in [7, 11) is 0. The summed E-state index contributed by atoms with van der Waals surface area (Å²) < 4.78 is 0. The molecular weight excluding hydrogens is 201 g/mol.